The van der Waals surface area contributed by atoms with Gasteiger partial charge in [0.25, 0.3) is 0 Å². The Morgan fingerprint density at radius 3 is 3.00 bits per heavy atom. The predicted molar refractivity (Wildman–Crippen MR) is 64.3 cm³/mol. The van der Waals surface area contributed by atoms with Gasteiger partial charge in [-0.05, 0) is 31.4 Å². The molecule has 0 amide bonds. The van der Waals surface area contributed by atoms with Crippen molar-refractivity contribution in [1.29, 1.82) is 0 Å². The van der Waals surface area contributed by atoms with Crippen LogP contribution >= 0.6 is 0 Å². The predicted octanol–water partition coefficient (Wildman–Crippen LogP) is 1.27. The molecule has 19 heavy (non-hydrogen) atoms. The molecular formula is C14H16O5. The topological polar surface area (TPSA) is 76.7 Å². The molecule has 0 spiro atoms. The van der Waals surface area contributed by atoms with Crippen molar-refractivity contribution < 1.29 is 23.8 Å². The van der Waals surface area contributed by atoms with Crippen LogP contribution in [0, 0.1) is 11.3 Å². The van der Waals surface area contributed by atoms with Crippen LogP contribution < -0.4 is 0 Å². The number of esters is 1. The Kier molecular flexibility index (Phi) is 2.74. The molecule has 0 saturated heterocycles. The van der Waals surface area contributed by atoms with E-state index in [1.54, 1.807) is 12.1 Å². The average molecular weight is 264 g/mol. The summed E-state index contributed by atoms with van der Waals surface area (Å²) in [6.07, 6.45) is 2.12. The molecule has 0 radical (unpaired) electrons. The number of hydrogen-bond donors (Lipinski definition) is 1. The number of rotatable bonds is 2. The van der Waals surface area contributed by atoms with Crippen molar-refractivity contribution in [3.63, 3.8) is 0 Å². The summed E-state index contributed by atoms with van der Waals surface area (Å²) in [5.74, 6) is -1.01. The second-order valence-electron chi connectivity index (χ2n) is 5.34. The number of Topliss-reactive ketones (excluding diaryl/α,β-unsaturated/α-hetero) is 1. The number of fused-ring (bicyclic) bond motifs is 2. The SMILES string of the molecule is COC(=O)[C@]12CC[C@H](C1=O)[C@@H](O)C[C@@H]2c1ccco1. The van der Waals surface area contributed by atoms with Gasteiger partial charge in [0.2, 0.25) is 0 Å². The molecule has 0 aromatic carbocycles. The van der Waals surface area contributed by atoms with Crippen molar-refractivity contribution in [2.24, 2.45) is 11.3 Å². The molecule has 0 unspecified atom stereocenters. The van der Waals surface area contributed by atoms with Crippen LogP contribution in [0.15, 0.2) is 22.8 Å². The van der Waals surface area contributed by atoms with Gasteiger partial charge in [-0.1, -0.05) is 0 Å². The smallest absolute Gasteiger partial charge is 0.320 e. The van der Waals surface area contributed by atoms with Crippen molar-refractivity contribution in [2.75, 3.05) is 7.11 Å². The minimum Gasteiger partial charge on any atom is -0.469 e. The number of methoxy groups -OCH3 is 1. The summed E-state index contributed by atoms with van der Waals surface area (Å²) in [5.41, 5.74) is -1.17. The lowest BCUT2D eigenvalue weighted by Gasteiger charge is -2.38. The molecule has 0 aliphatic heterocycles. The van der Waals surface area contributed by atoms with E-state index in [9.17, 15) is 14.7 Å². The first-order valence-electron chi connectivity index (χ1n) is 6.45. The van der Waals surface area contributed by atoms with Gasteiger partial charge in [0.15, 0.2) is 5.78 Å². The number of carbonyl (C=O) groups is 2. The second-order valence-corrected chi connectivity index (χ2v) is 5.34. The first kappa shape index (κ1) is 12.4. The molecule has 1 aromatic rings. The fourth-order valence-corrected chi connectivity index (χ4v) is 3.66. The highest BCUT2D eigenvalue weighted by Crippen LogP contribution is 2.56. The summed E-state index contributed by atoms with van der Waals surface area (Å²) in [5, 5.41) is 10.1. The van der Waals surface area contributed by atoms with E-state index in [1.165, 1.54) is 13.4 Å². The highest BCUT2D eigenvalue weighted by atomic mass is 16.5. The van der Waals surface area contributed by atoms with E-state index >= 15 is 0 Å². The maximum Gasteiger partial charge on any atom is 0.320 e. The zero-order valence-electron chi connectivity index (χ0n) is 10.7. The third-order valence-corrected chi connectivity index (χ3v) is 4.60. The molecule has 3 rings (SSSR count). The molecule has 2 bridgehead atoms. The van der Waals surface area contributed by atoms with Crippen LogP contribution in [0.5, 0.6) is 0 Å². The lowest BCUT2D eigenvalue weighted by Crippen LogP contribution is -2.49. The van der Waals surface area contributed by atoms with Gasteiger partial charge in [-0.15, -0.1) is 0 Å². The summed E-state index contributed by atoms with van der Waals surface area (Å²) in [6.45, 7) is 0. The van der Waals surface area contributed by atoms with Crippen LogP contribution in [-0.2, 0) is 14.3 Å². The van der Waals surface area contributed by atoms with Gasteiger partial charge in [0.05, 0.1) is 19.5 Å². The van der Waals surface area contributed by atoms with E-state index in [4.69, 9.17) is 9.15 Å². The van der Waals surface area contributed by atoms with Gasteiger partial charge >= 0.3 is 5.97 Å². The van der Waals surface area contributed by atoms with Crippen molar-refractivity contribution in [3.8, 4) is 0 Å². The van der Waals surface area contributed by atoms with Crippen molar-refractivity contribution in [1.82, 2.24) is 0 Å². The van der Waals surface area contributed by atoms with Crippen LogP contribution in [-0.4, -0.2) is 30.1 Å². The number of hydrogen-bond acceptors (Lipinski definition) is 5. The van der Waals surface area contributed by atoms with E-state index in [2.05, 4.69) is 0 Å². The summed E-state index contributed by atoms with van der Waals surface area (Å²) in [4.78, 5) is 24.7. The van der Waals surface area contributed by atoms with E-state index in [0.29, 0.717) is 25.0 Å². The van der Waals surface area contributed by atoms with Gasteiger partial charge in [0, 0.05) is 11.8 Å². The summed E-state index contributed by atoms with van der Waals surface area (Å²) in [6, 6.07) is 3.46. The summed E-state index contributed by atoms with van der Waals surface area (Å²) >= 11 is 0. The number of aliphatic hydroxyl groups excluding tert-OH is 1. The molecule has 4 atom stereocenters. The molecule has 2 fully saturated rings. The second kappa shape index (κ2) is 4.20. The third kappa shape index (κ3) is 1.51. The molecule has 5 nitrogen and oxygen atoms in total. The van der Waals surface area contributed by atoms with Gasteiger partial charge in [-0.25, -0.2) is 0 Å². The van der Waals surface area contributed by atoms with Crippen LogP contribution in [0.1, 0.15) is 30.9 Å². The average Bonchev–Trinajstić information content (AvgIpc) is 3.00. The van der Waals surface area contributed by atoms with E-state index in [1.807, 2.05) is 0 Å². The zero-order valence-corrected chi connectivity index (χ0v) is 10.7. The van der Waals surface area contributed by atoms with E-state index in [-0.39, 0.29) is 5.78 Å². The van der Waals surface area contributed by atoms with Crippen molar-refractivity contribution in [2.45, 2.75) is 31.3 Å². The molecule has 1 heterocycles. The number of furan rings is 1. The Bertz CT molecular complexity index is 506. The van der Waals surface area contributed by atoms with Gasteiger partial charge < -0.3 is 14.3 Å². The lowest BCUT2D eigenvalue weighted by molar-refractivity contribution is -0.163. The Balaban J connectivity index is 2.10. The Morgan fingerprint density at radius 1 is 1.58 bits per heavy atom. The maximum atomic E-state index is 12.5. The lowest BCUT2D eigenvalue weighted by atomic mass is 9.64. The standard InChI is InChI=1S/C14H16O5/c1-18-13(17)14-5-4-8(12(14)16)10(15)7-9(14)11-3-2-6-19-11/h2-3,6,8-10,15H,4-5,7H2,1H3/t8-,9+,10-,14-/m0/s1. The normalized spacial score (nSPS) is 37.4. The van der Waals surface area contributed by atoms with E-state index < -0.39 is 29.3 Å². The Labute approximate surface area is 110 Å². The van der Waals surface area contributed by atoms with Gasteiger partial charge in [0.1, 0.15) is 11.2 Å². The Morgan fingerprint density at radius 2 is 2.37 bits per heavy atom. The largest absolute Gasteiger partial charge is 0.469 e. The highest BCUT2D eigenvalue weighted by molar-refractivity contribution is 6.08. The summed E-state index contributed by atoms with van der Waals surface area (Å²) in [7, 11) is 1.29. The van der Waals surface area contributed by atoms with Crippen molar-refractivity contribution >= 4 is 11.8 Å². The van der Waals surface area contributed by atoms with Gasteiger partial charge in [-0.2, -0.15) is 0 Å². The fourth-order valence-electron chi connectivity index (χ4n) is 3.66. The minimum absolute atomic E-state index is 0.195. The van der Waals surface area contributed by atoms with Crippen LogP contribution in [0.4, 0.5) is 0 Å². The maximum absolute atomic E-state index is 12.5. The number of aliphatic hydroxyl groups is 1. The number of ether oxygens (including phenoxy) is 1. The van der Waals surface area contributed by atoms with Crippen molar-refractivity contribution in [3.05, 3.63) is 24.2 Å². The molecule has 1 aromatic heterocycles. The monoisotopic (exact) mass is 264 g/mol. The fraction of sp³-hybridized carbons (Fsp3) is 0.571. The summed E-state index contributed by atoms with van der Waals surface area (Å²) < 4.78 is 10.2. The first-order valence-corrected chi connectivity index (χ1v) is 6.45. The van der Waals surface area contributed by atoms with E-state index in [0.717, 1.165) is 0 Å². The zero-order chi connectivity index (χ0) is 13.6. The Hall–Kier alpha value is -1.62. The van der Waals surface area contributed by atoms with Crippen LogP contribution in [0.25, 0.3) is 0 Å². The minimum atomic E-state index is -1.17. The molecule has 102 valence electrons. The van der Waals surface area contributed by atoms with Gasteiger partial charge in [-0.3, -0.25) is 9.59 Å². The molecule has 5 heteroatoms. The number of ketones is 1. The molecule has 2 aliphatic carbocycles. The molecule has 2 saturated carbocycles. The third-order valence-electron chi connectivity index (χ3n) is 4.60. The molecule has 2 aliphatic rings. The van der Waals surface area contributed by atoms with Crippen LogP contribution in [0.2, 0.25) is 0 Å². The molecular weight excluding hydrogens is 248 g/mol. The number of carbonyl (C=O) groups excluding carboxylic acids is 2. The quantitative estimate of drug-likeness (QED) is 0.643. The first-order chi connectivity index (χ1) is 9.11. The molecule has 1 N–H and O–H groups in total. The van der Waals surface area contributed by atoms with Crippen LogP contribution in [0.3, 0.4) is 0 Å². The highest BCUT2D eigenvalue weighted by Gasteiger charge is 2.64.